The Balaban J connectivity index is 1.41. The molecule has 6 rings (SSSR count). The quantitative estimate of drug-likeness (QED) is 0.313. The third-order valence-electron chi connectivity index (χ3n) is 7.03. The summed E-state index contributed by atoms with van der Waals surface area (Å²) >= 11 is 0. The number of anilines is 4. The fourth-order valence-electron chi connectivity index (χ4n) is 5.03. The highest BCUT2D eigenvalue weighted by atomic mass is 19.1. The van der Waals surface area contributed by atoms with Crippen molar-refractivity contribution in [1.29, 1.82) is 0 Å². The number of fused-ring (bicyclic) bond motifs is 1. The van der Waals surface area contributed by atoms with E-state index < -0.39 is 0 Å². The number of nitrogens with zero attached hydrogens (tertiary/aromatic N) is 5. The van der Waals surface area contributed by atoms with Crippen molar-refractivity contribution in [3.8, 4) is 11.3 Å². The van der Waals surface area contributed by atoms with Crippen LogP contribution in [0.4, 0.5) is 27.4 Å². The van der Waals surface area contributed by atoms with Crippen LogP contribution in [-0.4, -0.2) is 58.6 Å². The highest BCUT2D eigenvalue weighted by Gasteiger charge is 2.23. The molecule has 0 spiro atoms. The summed E-state index contributed by atoms with van der Waals surface area (Å²) in [6.07, 6.45) is 5.64. The van der Waals surface area contributed by atoms with Crippen molar-refractivity contribution in [2.24, 2.45) is 0 Å². The van der Waals surface area contributed by atoms with Gasteiger partial charge in [-0.2, -0.15) is 10.1 Å². The van der Waals surface area contributed by atoms with Crippen LogP contribution >= 0.6 is 0 Å². The molecule has 206 valence electrons. The fourth-order valence-corrected chi connectivity index (χ4v) is 5.03. The lowest BCUT2D eigenvalue weighted by atomic mass is 10.1. The van der Waals surface area contributed by atoms with Crippen molar-refractivity contribution in [2.45, 2.75) is 25.5 Å². The standard InChI is InChI=1S/C29H30FN7O3/c1-2-25(38)32-20-7-5-6-19(16-20)27-22-18-31-37(26-8-3-4-13-40-26)28(22)35-29(34-27)33-21-9-10-23(30)24(17-21)36-11-14-39-15-12-36/h2,5-7,9-10,16-18,26H,1,3-4,8,11-15H2,(H,32,38)(H,33,34,35). The maximum absolute atomic E-state index is 14.8. The van der Waals surface area contributed by atoms with Crippen molar-refractivity contribution in [3.63, 3.8) is 0 Å². The molecule has 4 aromatic rings. The predicted molar refractivity (Wildman–Crippen MR) is 151 cm³/mol. The number of hydrogen-bond acceptors (Lipinski definition) is 8. The third kappa shape index (κ3) is 5.38. The molecule has 2 saturated heterocycles. The monoisotopic (exact) mass is 543 g/mol. The van der Waals surface area contributed by atoms with Crippen LogP contribution in [0.3, 0.4) is 0 Å². The summed E-state index contributed by atoms with van der Waals surface area (Å²) in [5.41, 5.74) is 3.80. The molecule has 40 heavy (non-hydrogen) atoms. The molecule has 2 aliphatic heterocycles. The lowest BCUT2D eigenvalue weighted by molar-refractivity contribution is -0.111. The van der Waals surface area contributed by atoms with Crippen molar-refractivity contribution >= 4 is 40.0 Å². The van der Waals surface area contributed by atoms with E-state index in [2.05, 4.69) is 22.3 Å². The predicted octanol–water partition coefficient (Wildman–Crippen LogP) is 5.04. The number of hydrogen-bond donors (Lipinski definition) is 2. The van der Waals surface area contributed by atoms with Crippen LogP contribution < -0.4 is 15.5 Å². The van der Waals surface area contributed by atoms with E-state index in [0.29, 0.717) is 67.3 Å². The molecule has 11 heteroatoms. The van der Waals surface area contributed by atoms with E-state index in [1.165, 1.54) is 12.1 Å². The Bertz CT molecular complexity index is 1540. The smallest absolute Gasteiger partial charge is 0.247 e. The average Bonchev–Trinajstić information content (AvgIpc) is 3.43. The Morgan fingerprint density at radius 2 is 1.95 bits per heavy atom. The average molecular weight is 544 g/mol. The van der Waals surface area contributed by atoms with Crippen molar-refractivity contribution in [1.82, 2.24) is 19.7 Å². The number of halogens is 1. The number of ether oxygens (including phenoxy) is 2. The summed E-state index contributed by atoms with van der Waals surface area (Å²) in [7, 11) is 0. The van der Waals surface area contributed by atoms with Crippen LogP contribution in [0.25, 0.3) is 22.3 Å². The van der Waals surface area contributed by atoms with Crippen molar-refractivity contribution < 1.29 is 18.7 Å². The van der Waals surface area contributed by atoms with Gasteiger partial charge < -0.3 is 25.0 Å². The van der Waals surface area contributed by atoms with E-state index >= 15 is 0 Å². The number of amides is 1. The molecule has 2 N–H and O–H groups in total. The van der Waals surface area contributed by atoms with Gasteiger partial charge in [0.2, 0.25) is 11.9 Å². The van der Waals surface area contributed by atoms with Gasteiger partial charge >= 0.3 is 0 Å². The maximum atomic E-state index is 14.8. The number of morpholine rings is 1. The molecule has 1 atom stereocenters. The van der Waals surface area contributed by atoms with E-state index in [4.69, 9.17) is 19.4 Å². The lowest BCUT2D eigenvalue weighted by Gasteiger charge is -2.29. The zero-order chi connectivity index (χ0) is 27.5. The molecular weight excluding hydrogens is 513 g/mol. The molecule has 0 saturated carbocycles. The molecule has 1 amide bonds. The van der Waals surface area contributed by atoms with Crippen LogP contribution in [0.5, 0.6) is 0 Å². The molecule has 2 aromatic heterocycles. The van der Waals surface area contributed by atoms with Gasteiger partial charge in [0.15, 0.2) is 11.9 Å². The summed E-state index contributed by atoms with van der Waals surface area (Å²) in [5, 5.41) is 11.5. The molecule has 0 bridgehead atoms. The molecule has 0 radical (unpaired) electrons. The summed E-state index contributed by atoms with van der Waals surface area (Å²) in [6.45, 7) is 6.53. The third-order valence-corrected chi connectivity index (χ3v) is 7.03. The molecule has 2 fully saturated rings. The van der Waals surface area contributed by atoms with Crippen molar-refractivity contribution in [3.05, 3.63) is 67.1 Å². The summed E-state index contributed by atoms with van der Waals surface area (Å²) in [6, 6.07) is 12.3. The molecule has 0 aliphatic carbocycles. The van der Waals surface area contributed by atoms with E-state index in [9.17, 15) is 9.18 Å². The molecule has 4 heterocycles. The van der Waals surface area contributed by atoms with Gasteiger partial charge in [-0.05, 0) is 55.7 Å². The number of carbonyl (C=O) groups excluding carboxylic acids is 1. The van der Waals surface area contributed by atoms with E-state index in [0.717, 1.165) is 30.2 Å². The highest BCUT2D eigenvalue weighted by Crippen LogP contribution is 2.33. The van der Waals surface area contributed by atoms with Gasteiger partial charge in [0.1, 0.15) is 5.82 Å². The molecule has 1 unspecified atom stereocenters. The lowest BCUT2D eigenvalue weighted by Crippen LogP contribution is -2.36. The number of benzene rings is 2. The second kappa shape index (κ2) is 11.4. The highest BCUT2D eigenvalue weighted by molar-refractivity contribution is 6.00. The molecule has 2 aromatic carbocycles. The van der Waals surface area contributed by atoms with E-state index in [-0.39, 0.29) is 18.0 Å². The minimum Gasteiger partial charge on any atom is -0.378 e. The van der Waals surface area contributed by atoms with Crippen molar-refractivity contribution in [2.75, 3.05) is 48.4 Å². The van der Waals surface area contributed by atoms with Gasteiger partial charge in [-0.25, -0.2) is 14.1 Å². The Morgan fingerprint density at radius 1 is 1.07 bits per heavy atom. The van der Waals surface area contributed by atoms with Crippen LogP contribution in [-0.2, 0) is 14.3 Å². The van der Waals surface area contributed by atoms with Gasteiger partial charge in [-0.15, -0.1) is 0 Å². The number of carbonyl (C=O) groups is 1. The van der Waals surface area contributed by atoms with Crippen LogP contribution in [0.2, 0.25) is 0 Å². The SMILES string of the molecule is C=CC(=O)Nc1cccc(-c2nc(Nc3ccc(F)c(N4CCOCC4)c3)nc3c2cnn3C2CCCCO2)c1. The van der Waals surface area contributed by atoms with Gasteiger partial charge in [0, 0.05) is 36.6 Å². The number of aromatic nitrogens is 4. The topological polar surface area (TPSA) is 106 Å². The Morgan fingerprint density at radius 3 is 2.75 bits per heavy atom. The van der Waals surface area contributed by atoms with E-state index in [1.807, 2.05) is 23.1 Å². The minimum atomic E-state index is -0.304. The first-order valence-electron chi connectivity index (χ1n) is 13.4. The Hall–Kier alpha value is -4.35. The molecule has 2 aliphatic rings. The summed E-state index contributed by atoms with van der Waals surface area (Å²) in [5.74, 6) is -0.266. The summed E-state index contributed by atoms with van der Waals surface area (Å²) < 4.78 is 28.0. The first kappa shape index (κ1) is 25.9. The molecule has 10 nitrogen and oxygen atoms in total. The summed E-state index contributed by atoms with van der Waals surface area (Å²) in [4.78, 5) is 23.6. The zero-order valence-corrected chi connectivity index (χ0v) is 22.0. The normalized spacial score (nSPS) is 17.5. The second-order valence-electron chi connectivity index (χ2n) is 9.71. The first-order valence-corrected chi connectivity index (χ1v) is 13.4. The Kier molecular flexibility index (Phi) is 7.39. The maximum Gasteiger partial charge on any atom is 0.247 e. The molecular formula is C29H30FN7O3. The van der Waals surface area contributed by atoms with Gasteiger partial charge in [-0.1, -0.05) is 18.7 Å². The van der Waals surface area contributed by atoms with Gasteiger partial charge in [0.25, 0.3) is 0 Å². The van der Waals surface area contributed by atoms with Crippen LogP contribution in [0.1, 0.15) is 25.5 Å². The first-order chi connectivity index (χ1) is 19.6. The largest absolute Gasteiger partial charge is 0.378 e. The van der Waals surface area contributed by atoms with E-state index in [1.54, 1.807) is 29.1 Å². The number of nitrogens with one attached hydrogen (secondary N) is 2. The zero-order valence-electron chi connectivity index (χ0n) is 22.0. The number of rotatable bonds is 7. The Labute approximate surface area is 230 Å². The van der Waals surface area contributed by atoms with Crippen LogP contribution in [0.15, 0.2) is 61.3 Å². The fraction of sp³-hybridized carbons (Fsp3) is 0.310. The van der Waals surface area contributed by atoms with Gasteiger partial charge in [-0.3, -0.25) is 4.79 Å². The van der Waals surface area contributed by atoms with Gasteiger partial charge in [0.05, 0.1) is 36.2 Å². The minimum absolute atomic E-state index is 0.223. The second-order valence-corrected chi connectivity index (χ2v) is 9.71. The van der Waals surface area contributed by atoms with Crippen LogP contribution in [0, 0.1) is 5.82 Å².